The summed E-state index contributed by atoms with van der Waals surface area (Å²) < 4.78 is 2.02. The second-order valence-corrected chi connectivity index (χ2v) is 5.60. The van der Waals surface area contributed by atoms with Crippen LogP contribution in [0.5, 0.6) is 0 Å². The standard InChI is InChI=1S/C12H17ClN4S/c1-8-7-18-12(11(8)13)9(16-14)3-4-10-15-5-6-17(10)2/h5-7,9,16H,3-4,14H2,1-2H3. The van der Waals surface area contributed by atoms with Crippen LogP contribution in [0.2, 0.25) is 5.02 Å². The van der Waals surface area contributed by atoms with Crippen LogP contribution in [0.1, 0.15) is 28.7 Å². The maximum absolute atomic E-state index is 6.27. The first-order chi connectivity index (χ1) is 8.63. The Morgan fingerprint density at radius 1 is 1.61 bits per heavy atom. The third-order valence-corrected chi connectivity index (χ3v) is 4.85. The molecular formula is C12H17ClN4S. The predicted octanol–water partition coefficient (Wildman–Crippen LogP) is 2.58. The van der Waals surface area contributed by atoms with Gasteiger partial charge in [0.25, 0.3) is 0 Å². The normalized spacial score (nSPS) is 12.9. The van der Waals surface area contributed by atoms with Crippen LogP contribution < -0.4 is 11.3 Å². The van der Waals surface area contributed by atoms with Gasteiger partial charge in [0, 0.05) is 30.7 Å². The fourth-order valence-electron chi connectivity index (χ4n) is 1.89. The Bertz CT molecular complexity index is 520. The monoisotopic (exact) mass is 284 g/mol. The number of nitrogens with one attached hydrogen (secondary N) is 1. The Morgan fingerprint density at radius 2 is 2.39 bits per heavy atom. The van der Waals surface area contributed by atoms with Crippen LogP contribution in [0, 0.1) is 6.92 Å². The summed E-state index contributed by atoms with van der Waals surface area (Å²) >= 11 is 7.92. The number of thiophene rings is 1. The zero-order valence-electron chi connectivity index (χ0n) is 10.5. The van der Waals surface area contributed by atoms with Gasteiger partial charge in [-0.25, -0.2) is 4.98 Å². The Kier molecular flexibility index (Phi) is 4.40. The van der Waals surface area contributed by atoms with E-state index >= 15 is 0 Å². The summed E-state index contributed by atoms with van der Waals surface area (Å²) in [5.41, 5.74) is 3.95. The molecule has 2 rings (SSSR count). The van der Waals surface area contributed by atoms with Crippen molar-refractivity contribution in [2.75, 3.05) is 0 Å². The molecule has 0 aliphatic carbocycles. The summed E-state index contributed by atoms with van der Waals surface area (Å²) in [5, 5.41) is 2.88. The summed E-state index contributed by atoms with van der Waals surface area (Å²) in [6.07, 6.45) is 5.50. The number of rotatable bonds is 5. The van der Waals surface area contributed by atoms with Gasteiger partial charge in [-0.3, -0.25) is 11.3 Å². The molecule has 3 N–H and O–H groups in total. The Labute approximate surface area is 116 Å². The van der Waals surface area contributed by atoms with Gasteiger partial charge in [0.15, 0.2) is 0 Å². The first-order valence-electron chi connectivity index (χ1n) is 5.79. The van der Waals surface area contributed by atoms with Gasteiger partial charge in [-0.1, -0.05) is 11.6 Å². The number of hydrogen-bond acceptors (Lipinski definition) is 4. The molecule has 2 aromatic rings. The molecule has 0 fully saturated rings. The van der Waals surface area contributed by atoms with Crippen molar-refractivity contribution in [3.63, 3.8) is 0 Å². The number of nitrogens with two attached hydrogens (primary N) is 1. The quantitative estimate of drug-likeness (QED) is 0.655. The summed E-state index contributed by atoms with van der Waals surface area (Å²) in [6.45, 7) is 2.01. The van der Waals surface area contributed by atoms with Crippen LogP contribution in [0.25, 0.3) is 0 Å². The molecule has 0 bridgehead atoms. The molecule has 0 aliphatic heterocycles. The summed E-state index contributed by atoms with van der Waals surface area (Å²) in [4.78, 5) is 5.41. The van der Waals surface area contributed by atoms with E-state index in [9.17, 15) is 0 Å². The molecule has 2 aromatic heterocycles. The van der Waals surface area contributed by atoms with E-state index in [1.54, 1.807) is 11.3 Å². The molecule has 1 unspecified atom stereocenters. The highest BCUT2D eigenvalue weighted by Crippen LogP contribution is 2.33. The lowest BCUT2D eigenvalue weighted by molar-refractivity contribution is 0.513. The van der Waals surface area contributed by atoms with Crippen LogP contribution >= 0.6 is 22.9 Å². The lowest BCUT2D eigenvalue weighted by Gasteiger charge is -2.14. The van der Waals surface area contributed by atoms with Crippen molar-refractivity contribution in [3.05, 3.63) is 39.1 Å². The SMILES string of the molecule is Cc1csc(C(CCc2nccn2C)NN)c1Cl. The van der Waals surface area contributed by atoms with E-state index in [2.05, 4.69) is 15.8 Å². The molecule has 0 aromatic carbocycles. The van der Waals surface area contributed by atoms with Crippen molar-refractivity contribution >= 4 is 22.9 Å². The molecule has 0 amide bonds. The fraction of sp³-hybridized carbons (Fsp3) is 0.417. The van der Waals surface area contributed by atoms with E-state index in [-0.39, 0.29) is 6.04 Å². The Morgan fingerprint density at radius 3 is 2.89 bits per heavy atom. The van der Waals surface area contributed by atoms with Gasteiger partial charge in [0.05, 0.1) is 11.1 Å². The maximum atomic E-state index is 6.27. The third-order valence-electron chi connectivity index (χ3n) is 3.02. The predicted molar refractivity (Wildman–Crippen MR) is 75.7 cm³/mol. The van der Waals surface area contributed by atoms with Gasteiger partial charge in [-0.2, -0.15) is 0 Å². The summed E-state index contributed by atoms with van der Waals surface area (Å²) in [5.74, 6) is 6.69. The molecule has 1 atom stereocenters. The molecule has 6 heteroatoms. The lowest BCUT2D eigenvalue weighted by atomic mass is 10.1. The van der Waals surface area contributed by atoms with E-state index in [4.69, 9.17) is 17.4 Å². The number of aryl methyl sites for hydroxylation is 3. The number of hydrazine groups is 1. The summed E-state index contributed by atoms with van der Waals surface area (Å²) in [6, 6.07) is 0.0768. The minimum Gasteiger partial charge on any atom is -0.338 e. The highest BCUT2D eigenvalue weighted by Gasteiger charge is 2.17. The topological polar surface area (TPSA) is 55.9 Å². The number of nitrogens with zero attached hydrogens (tertiary/aromatic N) is 2. The third kappa shape index (κ3) is 2.75. The molecule has 0 aliphatic rings. The lowest BCUT2D eigenvalue weighted by Crippen LogP contribution is -2.28. The van der Waals surface area contributed by atoms with Crippen molar-refractivity contribution in [3.8, 4) is 0 Å². The van der Waals surface area contributed by atoms with E-state index in [1.165, 1.54) is 0 Å². The number of halogens is 1. The minimum absolute atomic E-state index is 0.0768. The zero-order valence-corrected chi connectivity index (χ0v) is 12.1. The van der Waals surface area contributed by atoms with Crippen LogP contribution in [0.3, 0.4) is 0 Å². The van der Waals surface area contributed by atoms with Crippen LogP contribution in [0.4, 0.5) is 0 Å². The van der Waals surface area contributed by atoms with Crippen LogP contribution in [-0.4, -0.2) is 9.55 Å². The fourth-order valence-corrected chi connectivity index (χ4v) is 3.31. The van der Waals surface area contributed by atoms with Gasteiger partial charge in [0.1, 0.15) is 5.82 Å². The van der Waals surface area contributed by atoms with E-state index in [0.717, 1.165) is 34.1 Å². The molecule has 0 saturated heterocycles. The van der Waals surface area contributed by atoms with Crippen molar-refractivity contribution < 1.29 is 0 Å². The van der Waals surface area contributed by atoms with Gasteiger partial charge in [-0.15, -0.1) is 11.3 Å². The molecule has 98 valence electrons. The van der Waals surface area contributed by atoms with Gasteiger partial charge in [-0.05, 0) is 24.3 Å². The second kappa shape index (κ2) is 5.84. The van der Waals surface area contributed by atoms with Gasteiger partial charge < -0.3 is 4.57 Å². The van der Waals surface area contributed by atoms with E-state index in [1.807, 2.05) is 30.9 Å². The number of imidazole rings is 1. The Hall–Kier alpha value is -0.880. The average molecular weight is 285 g/mol. The number of aromatic nitrogens is 2. The highest BCUT2D eigenvalue weighted by atomic mass is 35.5. The van der Waals surface area contributed by atoms with Crippen molar-refractivity contribution in [1.82, 2.24) is 15.0 Å². The highest BCUT2D eigenvalue weighted by molar-refractivity contribution is 7.10. The van der Waals surface area contributed by atoms with Crippen LogP contribution in [0.15, 0.2) is 17.8 Å². The minimum atomic E-state index is 0.0768. The second-order valence-electron chi connectivity index (χ2n) is 4.31. The van der Waals surface area contributed by atoms with Gasteiger partial charge >= 0.3 is 0 Å². The molecule has 18 heavy (non-hydrogen) atoms. The molecular weight excluding hydrogens is 268 g/mol. The molecule has 0 saturated carbocycles. The smallest absolute Gasteiger partial charge is 0.108 e. The first-order valence-corrected chi connectivity index (χ1v) is 7.05. The van der Waals surface area contributed by atoms with E-state index in [0.29, 0.717) is 0 Å². The van der Waals surface area contributed by atoms with Crippen molar-refractivity contribution in [2.45, 2.75) is 25.8 Å². The average Bonchev–Trinajstić information content (AvgIpc) is 2.90. The van der Waals surface area contributed by atoms with E-state index < -0.39 is 0 Å². The molecule has 0 radical (unpaired) electrons. The molecule has 4 nitrogen and oxygen atoms in total. The van der Waals surface area contributed by atoms with Gasteiger partial charge in [0.2, 0.25) is 0 Å². The maximum Gasteiger partial charge on any atom is 0.108 e. The van der Waals surface area contributed by atoms with Crippen LogP contribution in [-0.2, 0) is 13.5 Å². The zero-order chi connectivity index (χ0) is 13.1. The molecule has 0 spiro atoms. The van der Waals surface area contributed by atoms with Crippen molar-refractivity contribution in [2.24, 2.45) is 12.9 Å². The Balaban J connectivity index is 2.06. The molecule has 2 heterocycles. The largest absolute Gasteiger partial charge is 0.338 e. The van der Waals surface area contributed by atoms with Crippen molar-refractivity contribution in [1.29, 1.82) is 0 Å². The number of hydrogen-bond donors (Lipinski definition) is 2. The first kappa shape index (κ1) is 13.5. The summed E-state index contributed by atoms with van der Waals surface area (Å²) in [7, 11) is 2.00.